The van der Waals surface area contributed by atoms with Crippen LogP contribution in [0.1, 0.15) is 24.8 Å². The number of halogens is 1. The lowest BCUT2D eigenvalue weighted by molar-refractivity contribution is -0.120. The first-order chi connectivity index (χ1) is 21.2. The number of hydrogen-bond acceptors (Lipinski definition) is 9. The van der Waals surface area contributed by atoms with Crippen molar-refractivity contribution >= 4 is 75.0 Å². The fraction of sp³-hybridized carbons (Fsp3) is 0.333. The van der Waals surface area contributed by atoms with E-state index in [1.165, 1.54) is 4.90 Å². The third-order valence-corrected chi connectivity index (χ3v) is 8.76. The van der Waals surface area contributed by atoms with Crippen molar-refractivity contribution < 1.29 is 14.4 Å². The fourth-order valence-electron chi connectivity index (χ4n) is 6.06. The lowest BCUT2D eigenvalue weighted by Crippen LogP contribution is -2.49. The Labute approximate surface area is 258 Å². The number of carbonyl (C=O) groups is 3. The van der Waals surface area contributed by atoms with Crippen LogP contribution in [0.25, 0.3) is 10.9 Å². The molecule has 3 N–H and O–H groups in total. The van der Waals surface area contributed by atoms with Crippen LogP contribution in [0.15, 0.2) is 42.6 Å². The minimum atomic E-state index is -0.443. The van der Waals surface area contributed by atoms with E-state index in [0.29, 0.717) is 35.6 Å². The summed E-state index contributed by atoms with van der Waals surface area (Å²) in [5, 5.41) is 15.0. The van der Waals surface area contributed by atoms with Crippen LogP contribution < -0.4 is 30.7 Å². The van der Waals surface area contributed by atoms with Crippen molar-refractivity contribution in [3.05, 3.63) is 53.2 Å². The van der Waals surface area contributed by atoms with E-state index in [0.717, 1.165) is 59.5 Å². The molecule has 0 unspecified atom stereocenters. The molecule has 0 aliphatic carbocycles. The van der Waals surface area contributed by atoms with Gasteiger partial charge in [0.1, 0.15) is 5.02 Å². The minimum absolute atomic E-state index is 0.0735. The maximum atomic E-state index is 12.4. The van der Waals surface area contributed by atoms with Gasteiger partial charge in [0, 0.05) is 68.6 Å². The number of nitrogens with zero attached hydrogens (tertiary/aromatic N) is 7. The highest BCUT2D eigenvalue weighted by Crippen LogP contribution is 2.33. The highest BCUT2D eigenvalue weighted by molar-refractivity contribution is 6.33. The first-order valence-corrected chi connectivity index (χ1v) is 14.9. The molecule has 0 atom stereocenters. The summed E-state index contributed by atoms with van der Waals surface area (Å²) in [5.41, 5.74) is 4.68. The molecule has 0 bridgehead atoms. The Morgan fingerprint density at radius 2 is 1.84 bits per heavy atom. The summed E-state index contributed by atoms with van der Waals surface area (Å²) in [4.78, 5) is 50.6. The zero-order valence-corrected chi connectivity index (χ0v) is 25.1. The maximum Gasteiger partial charge on any atom is 0.329 e. The topological polar surface area (TPSA) is 141 Å². The summed E-state index contributed by atoms with van der Waals surface area (Å²) in [6.07, 6.45) is 3.98. The summed E-state index contributed by atoms with van der Waals surface area (Å²) < 4.78 is 1.77. The van der Waals surface area contributed by atoms with E-state index in [1.54, 1.807) is 22.8 Å². The van der Waals surface area contributed by atoms with Gasteiger partial charge in [0.05, 0.1) is 18.1 Å². The molecule has 0 radical (unpaired) electrons. The number of urea groups is 1. The van der Waals surface area contributed by atoms with Crippen molar-refractivity contribution in [1.82, 2.24) is 25.1 Å². The van der Waals surface area contributed by atoms with Crippen LogP contribution in [0.4, 0.5) is 39.4 Å². The number of rotatable bonds is 6. The predicted octanol–water partition coefficient (Wildman–Crippen LogP) is 3.81. The summed E-state index contributed by atoms with van der Waals surface area (Å²) in [5.74, 6) is 1.35. The Bertz CT molecular complexity index is 1820. The van der Waals surface area contributed by atoms with Crippen molar-refractivity contribution in [2.24, 2.45) is 7.05 Å². The van der Waals surface area contributed by atoms with Crippen molar-refractivity contribution in [3.8, 4) is 0 Å². The molecule has 2 aromatic heterocycles. The number of piperidine rings is 1. The molecule has 2 fully saturated rings. The number of imide groups is 1. The molecule has 44 heavy (non-hydrogen) atoms. The quantitative estimate of drug-likeness (QED) is 0.296. The molecule has 4 amide bonds. The maximum absolute atomic E-state index is 12.4. The third kappa shape index (κ3) is 5.12. The molecule has 7 rings (SSSR count). The van der Waals surface area contributed by atoms with Crippen molar-refractivity contribution in [2.75, 3.05) is 52.0 Å². The number of aromatic nitrogens is 4. The standard InChI is InChI=1S/C30H31ClN10O3/c1-38-23-6-3-19(13-17(23)14-26(38)43)33-27-22(31)16-32-29(36-27)34-18-7-10-40(11-8-18)20-4-5-21-24(15-20)39(2)37-28(21)41-12-9-25(42)35-30(41)44/h3-6,13,15-16,18H,7-12,14H2,1-2H3,(H,35,42,44)(H2,32,33,34,36). The van der Waals surface area contributed by atoms with Crippen LogP contribution in [-0.4, -0.2) is 70.3 Å². The average Bonchev–Trinajstić information content (AvgIpc) is 3.49. The molecule has 3 aliphatic rings. The molecule has 226 valence electrons. The van der Waals surface area contributed by atoms with Crippen LogP contribution in [0.3, 0.4) is 0 Å². The number of anilines is 6. The van der Waals surface area contributed by atoms with E-state index < -0.39 is 6.03 Å². The van der Waals surface area contributed by atoms with Crippen LogP contribution in [0.5, 0.6) is 0 Å². The van der Waals surface area contributed by atoms with Crippen molar-refractivity contribution in [1.29, 1.82) is 0 Å². The number of fused-ring (bicyclic) bond motifs is 2. The van der Waals surface area contributed by atoms with E-state index in [1.807, 2.05) is 31.3 Å². The Morgan fingerprint density at radius 3 is 2.64 bits per heavy atom. The van der Waals surface area contributed by atoms with E-state index >= 15 is 0 Å². The second-order valence-corrected chi connectivity index (χ2v) is 11.7. The molecular weight excluding hydrogens is 584 g/mol. The summed E-state index contributed by atoms with van der Waals surface area (Å²) in [6.45, 7) is 1.99. The second kappa shape index (κ2) is 11.0. The van der Waals surface area contributed by atoms with Crippen LogP contribution >= 0.6 is 11.6 Å². The smallest absolute Gasteiger partial charge is 0.329 e. The summed E-state index contributed by atoms with van der Waals surface area (Å²) in [6, 6.07) is 11.7. The number of likely N-dealkylation sites (N-methyl/N-ethyl adjacent to an activating group) is 1. The van der Waals surface area contributed by atoms with Gasteiger partial charge in [-0.15, -0.1) is 0 Å². The molecule has 0 spiro atoms. The van der Waals surface area contributed by atoms with Gasteiger partial charge in [-0.3, -0.25) is 24.5 Å². The number of benzene rings is 2. The van der Waals surface area contributed by atoms with Crippen LogP contribution in [0, 0.1) is 0 Å². The van der Waals surface area contributed by atoms with Gasteiger partial charge >= 0.3 is 6.03 Å². The van der Waals surface area contributed by atoms with E-state index in [-0.39, 0.29) is 24.3 Å². The summed E-state index contributed by atoms with van der Waals surface area (Å²) >= 11 is 6.42. The number of nitrogens with one attached hydrogen (secondary N) is 3. The zero-order valence-electron chi connectivity index (χ0n) is 24.3. The lowest BCUT2D eigenvalue weighted by atomic mass is 10.0. The van der Waals surface area contributed by atoms with Gasteiger partial charge < -0.3 is 20.4 Å². The monoisotopic (exact) mass is 614 g/mol. The van der Waals surface area contributed by atoms with Gasteiger partial charge in [0.2, 0.25) is 17.8 Å². The lowest BCUT2D eigenvalue weighted by Gasteiger charge is -2.34. The molecule has 3 aliphatic heterocycles. The molecular formula is C30H31ClN10O3. The molecule has 0 saturated carbocycles. The second-order valence-electron chi connectivity index (χ2n) is 11.3. The van der Waals surface area contributed by atoms with Gasteiger partial charge in [0.15, 0.2) is 11.6 Å². The first-order valence-electron chi connectivity index (χ1n) is 14.5. The van der Waals surface area contributed by atoms with Crippen molar-refractivity contribution in [2.45, 2.75) is 31.7 Å². The minimum Gasteiger partial charge on any atom is -0.371 e. The molecule has 2 saturated heterocycles. The van der Waals surface area contributed by atoms with Gasteiger partial charge in [0.25, 0.3) is 0 Å². The number of carbonyl (C=O) groups excluding carboxylic acids is 3. The predicted molar refractivity (Wildman–Crippen MR) is 169 cm³/mol. The third-order valence-electron chi connectivity index (χ3n) is 8.48. The van der Waals surface area contributed by atoms with E-state index in [9.17, 15) is 14.4 Å². The first kappa shape index (κ1) is 27.9. The molecule has 5 heterocycles. The number of hydrogen-bond donors (Lipinski definition) is 3. The Morgan fingerprint density at radius 1 is 1.02 bits per heavy atom. The SMILES string of the molecule is CN1C(=O)Cc2cc(Nc3nc(NC4CCN(c5ccc6c(N7CCC(=O)NC7=O)nn(C)c6c5)CC4)ncc3Cl)ccc21. The highest BCUT2D eigenvalue weighted by Gasteiger charge is 2.29. The zero-order chi connectivity index (χ0) is 30.5. The number of amides is 4. The summed E-state index contributed by atoms with van der Waals surface area (Å²) in [7, 11) is 3.64. The average molecular weight is 615 g/mol. The Balaban J connectivity index is 0.998. The van der Waals surface area contributed by atoms with Gasteiger partial charge in [-0.25, -0.2) is 9.78 Å². The molecule has 2 aromatic carbocycles. The van der Waals surface area contributed by atoms with Gasteiger partial charge in [-0.1, -0.05) is 11.6 Å². The Hall–Kier alpha value is -4.91. The Kier molecular flexibility index (Phi) is 6.96. The van der Waals surface area contributed by atoms with Crippen LogP contribution in [-0.2, 0) is 23.1 Å². The van der Waals surface area contributed by atoms with Gasteiger partial charge in [-0.05, 0) is 54.8 Å². The molecule has 13 nitrogen and oxygen atoms in total. The largest absolute Gasteiger partial charge is 0.371 e. The number of aryl methyl sites for hydroxylation is 1. The highest BCUT2D eigenvalue weighted by atomic mass is 35.5. The van der Waals surface area contributed by atoms with Crippen molar-refractivity contribution in [3.63, 3.8) is 0 Å². The van der Waals surface area contributed by atoms with E-state index in [2.05, 4.69) is 48.0 Å². The van der Waals surface area contributed by atoms with Gasteiger partial charge in [-0.2, -0.15) is 10.1 Å². The fourth-order valence-corrected chi connectivity index (χ4v) is 6.20. The van der Waals surface area contributed by atoms with E-state index in [4.69, 9.17) is 11.6 Å². The molecule has 14 heteroatoms. The normalized spacial score (nSPS) is 17.3. The van der Waals surface area contributed by atoms with Crippen LogP contribution in [0.2, 0.25) is 5.02 Å². The molecule has 4 aromatic rings.